The molecule has 2 rings (SSSR count). The Hall–Kier alpha value is -1.42. The molecule has 0 aliphatic carbocycles. The third kappa shape index (κ3) is 3.18. The number of halogens is 3. The van der Waals surface area contributed by atoms with Crippen molar-refractivity contribution in [2.24, 2.45) is 0 Å². The minimum absolute atomic E-state index is 0.00403. The van der Waals surface area contributed by atoms with Gasteiger partial charge in [0, 0.05) is 5.56 Å². The van der Waals surface area contributed by atoms with Crippen LogP contribution < -0.4 is 4.74 Å². The molecule has 0 amide bonds. The molecule has 3 nitrogen and oxygen atoms in total. The topological polar surface area (TPSA) is 46.5 Å². The SMILES string of the molecule is O=C(O)c1cccc(Cl)c1OCc1cccc(Cl)c1Cl. The lowest BCUT2D eigenvalue weighted by atomic mass is 10.2. The van der Waals surface area contributed by atoms with E-state index in [4.69, 9.17) is 44.6 Å². The molecule has 20 heavy (non-hydrogen) atoms. The van der Waals surface area contributed by atoms with E-state index >= 15 is 0 Å². The van der Waals surface area contributed by atoms with Crippen LogP contribution in [-0.4, -0.2) is 11.1 Å². The molecular weight excluding hydrogens is 323 g/mol. The van der Waals surface area contributed by atoms with E-state index in [1.165, 1.54) is 6.07 Å². The first-order valence-corrected chi connectivity index (χ1v) is 6.71. The number of carboxylic acid groups (broad SMARTS) is 1. The quantitative estimate of drug-likeness (QED) is 0.864. The van der Waals surface area contributed by atoms with E-state index in [1.54, 1.807) is 30.3 Å². The second-order valence-corrected chi connectivity index (χ2v) is 5.12. The number of hydrogen-bond donors (Lipinski definition) is 1. The average Bonchev–Trinajstić information content (AvgIpc) is 2.41. The van der Waals surface area contributed by atoms with Crippen LogP contribution in [0.25, 0.3) is 0 Å². The van der Waals surface area contributed by atoms with Gasteiger partial charge in [-0.2, -0.15) is 0 Å². The molecule has 0 bridgehead atoms. The molecule has 2 aromatic carbocycles. The molecule has 0 fully saturated rings. The summed E-state index contributed by atoms with van der Waals surface area (Å²) in [6, 6.07) is 9.66. The zero-order valence-corrected chi connectivity index (χ0v) is 12.3. The molecule has 104 valence electrons. The van der Waals surface area contributed by atoms with Crippen molar-refractivity contribution in [2.75, 3.05) is 0 Å². The monoisotopic (exact) mass is 330 g/mol. The van der Waals surface area contributed by atoms with Crippen LogP contribution in [0.4, 0.5) is 0 Å². The van der Waals surface area contributed by atoms with Crippen molar-refractivity contribution in [1.82, 2.24) is 0 Å². The van der Waals surface area contributed by atoms with Crippen LogP contribution in [0.3, 0.4) is 0 Å². The van der Waals surface area contributed by atoms with Gasteiger partial charge in [-0.15, -0.1) is 0 Å². The van der Waals surface area contributed by atoms with Gasteiger partial charge in [0.2, 0.25) is 0 Å². The Labute approximate surface area is 130 Å². The van der Waals surface area contributed by atoms with Gasteiger partial charge in [-0.1, -0.05) is 53.0 Å². The van der Waals surface area contributed by atoms with Crippen LogP contribution >= 0.6 is 34.8 Å². The molecule has 0 aliphatic rings. The van der Waals surface area contributed by atoms with E-state index in [2.05, 4.69) is 0 Å². The maximum Gasteiger partial charge on any atom is 0.339 e. The van der Waals surface area contributed by atoms with Gasteiger partial charge in [0.15, 0.2) is 5.75 Å². The summed E-state index contributed by atoms with van der Waals surface area (Å²) in [5, 5.41) is 10.1. The molecule has 6 heteroatoms. The third-order valence-corrected chi connectivity index (χ3v) is 3.76. The molecule has 0 atom stereocenters. The van der Waals surface area contributed by atoms with Crippen LogP contribution in [0.1, 0.15) is 15.9 Å². The zero-order chi connectivity index (χ0) is 14.7. The van der Waals surface area contributed by atoms with Crippen molar-refractivity contribution in [2.45, 2.75) is 6.61 Å². The molecule has 0 aromatic heterocycles. The van der Waals surface area contributed by atoms with Gasteiger partial charge in [0.05, 0.1) is 15.1 Å². The van der Waals surface area contributed by atoms with Crippen molar-refractivity contribution in [3.63, 3.8) is 0 Å². The fourth-order valence-corrected chi connectivity index (χ4v) is 2.24. The first-order chi connectivity index (χ1) is 9.50. The summed E-state index contributed by atoms with van der Waals surface area (Å²) in [7, 11) is 0. The van der Waals surface area contributed by atoms with E-state index in [1.807, 2.05) is 0 Å². The Bertz CT molecular complexity index is 656. The van der Waals surface area contributed by atoms with Crippen molar-refractivity contribution < 1.29 is 14.6 Å². The molecule has 0 aliphatic heterocycles. The van der Waals surface area contributed by atoms with E-state index < -0.39 is 5.97 Å². The summed E-state index contributed by atoms with van der Waals surface area (Å²) in [5.74, 6) is -1.00. The predicted octanol–water partition coefficient (Wildman–Crippen LogP) is 4.92. The fraction of sp³-hybridized carbons (Fsp3) is 0.0714. The van der Waals surface area contributed by atoms with Crippen LogP contribution in [0, 0.1) is 0 Å². The van der Waals surface area contributed by atoms with Crippen LogP contribution in [-0.2, 0) is 6.61 Å². The van der Waals surface area contributed by atoms with Crippen LogP contribution in [0.2, 0.25) is 15.1 Å². The van der Waals surface area contributed by atoms with Crippen LogP contribution in [0.15, 0.2) is 36.4 Å². The number of benzene rings is 2. The highest BCUT2D eigenvalue weighted by molar-refractivity contribution is 6.42. The summed E-state index contributed by atoms with van der Waals surface area (Å²) in [5.41, 5.74) is 0.645. The summed E-state index contributed by atoms with van der Waals surface area (Å²) in [4.78, 5) is 11.1. The predicted molar refractivity (Wildman–Crippen MR) is 79.2 cm³/mol. The first kappa shape index (κ1) is 15.0. The van der Waals surface area contributed by atoms with Gasteiger partial charge < -0.3 is 9.84 Å². The molecule has 0 heterocycles. The fourth-order valence-electron chi connectivity index (χ4n) is 1.63. The first-order valence-electron chi connectivity index (χ1n) is 5.58. The number of hydrogen-bond acceptors (Lipinski definition) is 2. The largest absolute Gasteiger partial charge is 0.486 e. The van der Waals surface area contributed by atoms with Crippen LogP contribution in [0.5, 0.6) is 5.75 Å². The van der Waals surface area contributed by atoms with E-state index in [0.717, 1.165) is 0 Å². The summed E-state index contributed by atoms with van der Waals surface area (Å²) in [6.07, 6.45) is 0. The minimum Gasteiger partial charge on any atom is -0.486 e. The van der Waals surface area contributed by atoms with E-state index in [9.17, 15) is 4.79 Å². The lowest BCUT2D eigenvalue weighted by Gasteiger charge is -2.12. The highest BCUT2D eigenvalue weighted by Crippen LogP contribution is 2.31. The zero-order valence-electron chi connectivity index (χ0n) is 10.1. The van der Waals surface area contributed by atoms with Crippen molar-refractivity contribution >= 4 is 40.8 Å². The van der Waals surface area contributed by atoms with Gasteiger partial charge in [0.1, 0.15) is 12.2 Å². The Kier molecular flexibility index (Phi) is 4.76. The Morgan fingerprint density at radius 3 is 2.40 bits per heavy atom. The highest BCUT2D eigenvalue weighted by atomic mass is 35.5. The van der Waals surface area contributed by atoms with Crippen molar-refractivity contribution in [3.05, 3.63) is 62.6 Å². The molecule has 0 radical (unpaired) electrons. The smallest absolute Gasteiger partial charge is 0.339 e. The van der Waals surface area contributed by atoms with Gasteiger partial charge in [-0.25, -0.2) is 4.79 Å². The van der Waals surface area contributed by atoms with Gasteiger partial charge in [0.25, 0.3) is 0 Å². The lowest BCUT2D eigenvalue weighted by molar-refractivity contribution is 0.0692. The third-order valence-electron chi connectivity index (χ3n) is 2.60. The Morgan fingerprint density at radius 2 is 1.70 bits per heavy atom. The van der Waals surface area contributed by atoms with E-state index in [0.29, 0.717) is 15.6 Å². The standard InChI is InChI=1S/C14H9Cl3O3/c15-10-5-1-3-8(12(10)17)7-20-13-9(14(18)19)4-2-6-11(13)16/h1-6H,7H2,(H,18,19). The van der Waals surface area contributed by atoms with Gasteiger partial charge in [-0.3, -0.25) is 0 Å². The molecular formula is C14H9Cl3O3. The average molecular weight is 332 g/mol. The highest BCUT2D eigenvalue weighted by Gasteiger charge is 2.15. The number of aromatic carboxylic acids is 1. The molecule has 0 saturated heterocycles. The maximum atomic E-state index is 11.1. The van der Waals surface area contributed by atoms with Crippen molar-refractivity contribution in [3.8, 4) is 5.75 Å². The normalized spacial score (nSPS) is 10.3. The van der Waals surface area contributed by atoms with E-state index in [-0.39, 0.29) is 22.9 Å². The number of carboxylic acids is 1. The molecule has 0 unspecified atom stereocenters. The molecule has 0 spiro atoms. The maximum absolute atomic E-state index is 11.1. The Balaban J connectivity index is 2.27. The molecule has 1 N–H and O–H groups in total. The molecule has 0 saturated carbocycles. The summed E-state index contributed by atoms with van der Waals surface area (Å²) < 4.78 is 5.50. The van der Waals surface area contributed by atoms with Crippen molar-refractivity contribution in [1.29, 1.82) is 0 Å². The number of para-hydroxylation sites is 1. The van der Waals surface area contributed by atoms with Gasteiger partial charge >= 0.3 is 5.97 Å². The number of carbonyl (C=O) groups is 1. The second-order valence-electron chi connectivity index (χ2n) is 3.92. The number of rotatable bonds is 4. The second kappa shape index (κ2) is 6.35. The summed E-state index contributed by atoms with van der Waals surface area (Å²) in [6.45, 7) is 0.0728. The Morgan fingerprint density at radius 1 is 1.05 bits per heavy atom. The lowest BCUT2D eigenvalue weighted by Crippen LogP contribution is -2.04. The van der Waals surface area contributed by atoms with Gasteiger partial charge in [-0.05, 0) is 18.2 Å². The molecule has 2 aromatic rings. The summed E-state index contributed by atoms with van der Waals surface area (Å²) >= 11 is 17.9. The minimum atomic E-state index is -1.11. The number of ether oxygens (including phenoxy) is 1.